The molecule has 13 heteroatoms. The number of amides is 1. The van der Waals surface area contributed by atoms with Gasteiger partial charge in [0, 0.05) is 12.5 Å². The van der Waals surface area contributed by atoms with Crippen LogP contribution in [0.15, 0.2) is 12.4 Å². The van der Waals surface area contributed by atoms with Gasteiger partial charge in [-0.05, 0) is 39.5 Å². The molecule has 3 heterocycles. The van der Waals surface area contributed by atoms with Gasteiger partial charge in [-0.2, -0.15) is 13.2 Å². The number of nitrogens with one attached hydrogen (secondary N) is 2. The van der Waals surface area contributed by atoms with E-state index in [-0.39, 0.29) is 42.7 Å². The van der Waals surface area contributed by atoms with Crippen LogP contribution in [0.3, 0.4) is 0 Å². The highest BCUT2D eigenvalue weighted by molar-refractivity contribution is 5.79. The Kier molecular flexibility index (Phi) is 7.72. The second-order valence-corrected chi connectivity index (χ2v) is 9.79. The third-order valence-corrected chi connectivity index (χ3v) is 6.78. The minimum atomic E-state index is -4.62. The number of hydrogen-bond acceptors (Lipinski definition) is 9. The van der Waals surface area contributed by atoms with Crippen molar-refractivity contribution in [1.82, 2.24) is 15.3 Å². The molecule has 2 saturated heterocycles. The third-order valence-electron chi connectivity index (χ3n) is 6.78. The van der Waals surface area contributed by atoms with Crippen molar-refractivity contribution in [2.24, 2.45) is 11.8 Å². The van der Waals surface area contributed by atoms with Gasteiger partial charge >= 0.3 is 12.1 Å². The van der Waals surface area contributed by atoms with E-state index in [9.17, 15) is 22.8 Å². The normalized spacial score (nSPS) is 31.8. The number of ether oxygens (including phenoxy) is 4. The number of hydrogen-bond donors (Lipinski definition) is 2. The zero-order valence-corrected chi connectivity index (χ0v) is 20.3. The Morgan fingerprint density at radius 1 is 1.11 bits per heavy atom. The Bertz CT molecular complexity index is 954. The minimum Gasteiger partial charge on any atom is -0.469 e. The predicted molar refractivity (Wildman–Crippen MR) is 118 cm³/mol. The van der Waals surface area contributed by atoms with Gasteiger partial charge in [0.2, 0.25) is 5.91 Å². The molecule has 200 valence electrons. The molecule has 1 amide bonds. The largest absolute Gasteiger partial charge is 0.469 e. The summed E-state index contributed by atoms with van der Waals surface area (Å²) < 4.78 is 61.9. The highest BCUT2D eigenvalue weighted by Gasteiger charge is 2.52. The Labute approximate surface area is 206 Å². The van der Waals surface area contributed by atoms with Crippen molar-refractivity contribution in [2.75, 3.05) is 25.6 Å². The van der Waals surface area contributed by atoms with Crippen LogP contribution in [0.4, 0.5) is 19.0 Å². The fraction of sp³-hybridized carbons (Fsp3) is 0.739. The van der Waals surface area contributed by atoms with Crippen LogP contribution in [0.25, 0.3) is 0 Å². The molecule has 0 aromatic carbocycles. The fourth-order valence-corrected chi connectivity index (χ4v) is 5.00. The maximum atomic E-state index is 13.0. The van der Waals surface area contributed by atoms with Gasteiger partial charge in [0.15, 0.2) is 11.5 Å². The second-order valence-electron chi connectivity index (χ2n) is 9.79. The van der Waals surface area contributed by atoms with Gasteiger partial charge in [-0.25, -0.2) is 4.98 Å². The van der Waals surface area contributed by atoms with Gasteiger partial charge in [0.1, 0.15) is 24.1 Å². The number of aromatic nitrogens is 2. The molecule has 2 N–H and O–H groups in total. The summed E-state index contributed by atoms with van der Waals surface area (Å²) >= 11 is 0. The lowest BCUT2D eigenvalue weighted by Gasteiger charge is -2.37. The molecule has 0 unspecified atom stereocenters. The molecule has 1 aromatic rings. The zero-order valence-electron chi connectivity index (χ0n) is 20.3. The number of carbonyl (C=O) groups is 2. The van der Waals surface area contributed by atoms with Crippen LogP contribution in [-0.2, 0) is 34.7 Å². The average Bonchev–Trinajstić information content (AvgIpc) is 3.18. The summed E-state index contributed by atoms with van der Waals surface area (Å²) in [6.45, 7) is 3.76. The summed E-state index contributed by atoms with van der Waals surface area (Å²) in [6.07, 6.45) is -2.00. The molecule has 36 heavy (non-hydrogen) atoms. The summed E-state index contributed by atoms with van der Waals surface area (Å²) in [5.74, 6) is -1.72. The standard InChI is InChI=1S/C23H31F3N4O6/c1-22(2)35-18-14(29-17-10-27-9-16(30-17)23(24,25)26)11-34-15(19(18)36-22)8-28-20(31)12-4-6-13(7-5-12)21(32)33-3/h9-10,12-15,18-19H,4-8,11H2,1-3H3,(H,28,31)(H,29,30)/t12?,13?,14-,15+,18+,19-/m0/s1. The Morgan fingerprint density at radius 3 is 2.44 bits per heavy atom. The number of halogens is 3. The lowest BCUT2D eigenvalue weighted by atomic mass is 9.81. The number of fused-ring (bicyclic) bond motifs is 1. The van der Waals surface area contributed by atoms with Gasteiger partial charge in [-0.3, -0.25) is 14.6 Å². The molecule has 3 fully saturated rings. The molecule has 1 aromatic heterocycles. The summed E-state index contributed by atoms with van der Waals surface area (Å²) in [5, 5.41) is 5.85. The first-order valence-corrected chi connectivity index (χ1v) is 12.0. The summed E-state index contributed by atoms with van der Waals surface area (Å²) in [5.41, 5.74) is -1.11. The number of esters is 1. The molecule has 0 radical (unpaired) electrons. The van der Waals surface area contributed by atoms with Gasteiger partial charge < -0.3 is 29.6 Å². The highest BCUT2D eigenvalue weighted by Crippen LogP contribution is 2.37. The van der Waals surface area contributed by atoms with E-state index in [1.54, 1.807) is 13.8 Å². The molecule has 0 bridgehead atoms. The first-order chi connectivity index (χ1) is 17.0. The number of methoxy groups -OCH3 is 1. The SMILES string of the molecule is COC(=O)C1CCC(C(=O)NC[C@H]2OC[C@H](Nc3cncc(C(F)(F)F)n3)[C@H]3OC(C)(C)O[C@H]32)CC1. The van der Waals surface area contributed by atoms with Crippen molar-refractivity contribution in [2.45, 2.75) is 75.8 Å². The number of alkyl halides is 3. The predicted octanol–water partition coefficient (Wildman–Crippen LogP) is 2.29. The number of carbonyl (C=O) groups excluding carboxylic acids is 2. The summed E-state index contributed by atoms with van der Waals surface area (Å²) in [4.78, 5) is 31.7. The van der Waals surface area contributed by atoms with Crippen molar-refractivity contribution in [1.29, 1.82) is 0 Å². The van der Waals surface area contributed by atoms with E-state index in [1.165, 1.54) is 13.3 Å². The molecular weight excluding hydrogens is 485 g/mol. The van der Waals surface area contributed by atoms with Crippen LogP contribution in [-0.4, -0.2) is 72.2 Å². The molecule has 2 aliphatic heterocycles. The third kappa shape index (κ3) is 6.06. The summed E-state index contributed by atoms with van der Waals surface area (Å²) in [6, 6.07) is -0.546. The first kappa shape index (κ1) is 26.6. The molecule has 0 spiro atoms. The second kappa shape index (κ2) is 10.5. The lowest BCUT2D eigenvalue weighted by molar-refractivity contribution is -0.154. The molecular formula is C23H31F3N4O6. The first-order valence-electron chi connectivity index (χ1n) is 12.0. The number of rotatable bonds is 6. The van der Waals surface area contributed by atoms with E-state index in [4.69, 9.17) is 18.9 Å². The fourth-order valence-electron chi connectivity index (χ4n) is 5.00. The number of nitrogens with zero attached hydrogens (tertiary/aromatic N) is 2. The zero-order chi connectivity index (χ0) is 26.1. The summed E-state index contributed by atoms with van der Waals surface area (Å²) in [7, 11) is 1.36. The Hall–Kier alpha value is -2.51. The molecule has 3 aliphatic rings. The van der Waals surface area contributed by atoms with E-state index < -0.39 is 42.0 Å². The number of anilines is 1. The maximum Gasteiger partial charge on any atom is 0.434 e. The van der Waals surface area contributed by atoms with Crippen LogP contribution >= 0.6 is 0 Å². The molecule has 4 atom stereocenters. The van der Waals surface area contributed by atoms with E-state index in [2.05, 4.69) is 20.6 Å². The maximum absolute atomic E-state index is 13.0. The topological polar surface area (TPSA) is 121 Å². The van der Waals surface area contributed by atoms with Crippen LogP contribution in [0.2, 0.25) is 0 Å². The van der Waals surface area contributed by atoms with E-state index in [1.807, 2.05) is 0 Å². The van der Waals surface area contributed by atoms with Gasteiger partial charge in [0.25, 0.3) is 0 Å². The van der Waals surface area contributed by atoms with Crippen LogP contribution < -0.4 is 10.6 Å². The minimum absolute atomic E-state index is 0.0557. The van der Waals surface area contributed by atoms with Crippen molar-refractivity contribution < 1.29 is 41.7 Å². The van der Waals surface area contributed by atoms with E-state index in [0.717, 1.165) is 0 Å². The van der Waals surface area contributed by atoms with Crippen LogP contribution in [0.1, 0.15) is 45.2 Å². The lowest BCUT2D eigenvalue weighted by Crippen LogP contribution is -2.57. The van der Waals surface area contributed by atoms with E-state index in [0.29, 0.717) is 31.9 Å². The van der Waals surface area contributed by atoms with Crippen molar-refractivity contribution >= 4 is 17.7 Å². The van der Waals surface area contributed by atoms with E-state index >= 15 is 0 Å². The molecule has 1 saturated carbocycles. The molecule has 10 nitrogen and oxygen atoms in total. The molecule has 4 rings (SSSR count). The quantitative estimate of drug-likeness (QED) is 0.549. The van der Waals surface area contributed by atoms with Gasteiger partial charge in [-0.1, -0.05) is 0 Å². The molecule has 1 aliphatic carbocycles. The highest BCUT2D eigenvalue weighted by atomic mass is 19.4. The average molecular weight is 517 g/mol. The Balaban J connectivity index is 1.35. The smallest absolute Gasteiger partial charge is 0.434 e. The van der Waals surface area contributed by atoms with Gasteiger partial charge in [-0.15, -0.1) is 0 Å². The van der Waals surface area contributed by atoms with Crippen LogP contribution in [0.5, 0.6) is 0 Å². The van der Waals surface area contributed by atoms with Crippen molar-refractivity contribution in [3.8, 4) is 0 Å². The van der Waals surface area contributed by atoms with Gasteiger partial charge in [0.05, 0.1) is 38.1 Å². The van der Waals surface area contributed by atoms with Crippen LogP contribution in [0, 0.1) is 11.8 Å². The van der Waals surface area contributed by atoms with Crippen molar-refractivity contribution in [3.05, 3.63) is 18.1 Å². The van der Waals surface area contributed by atoms with Crippen molar-refractivity contribution in [3.63, 3.8) is 0 Å². The monoisotopic (exact) mass is 516 g/mol. The Morgan fingerprint density at radius 2 is 1.78 bits per heavy atom.